The zero-order chi connectivity index (χ0) is 17.8. The molecule has 3 rings (SSSR count). The molecule has 0 aliphatic rings. The van der Waals surface area contributed by atoms with Gasteiger partial charge in [-0.25, -0.2) is 9.97 Å². The van der Waals surface area contributed by atoms with E-state index in [0.29, 0.717) is 12.1 Å². The summed E-state index contributed by atoms with van der Waals surface area (Å²) in [6.07, 6.45) is 5.27. The predicted molar refractivity (Wildman–Crippen MR) is 97.4 cm³/mol. The summed E-state index contributed by atoms with van der Waals surface area (Å²) in [4.78, 5) is 11.1. The maximum atomic E-state index is 10.2. The monoisotopic (exact) mass is 341 g/mol. The van der Waals surface area contributed by atoms with Gasteiger partial charge in [0.05, 0.1) is 13.2 Å². The molecule has 0 spiro atoms. The third-order valence-corrected chi connectivity index (χ3v) is 4.24. The molecule has 132 valence electrons. The fourth-order valence-electron chi connectivity index (χ4n) is 2.81. The van der Waals surface area contributed by atoms with Crippen molar-refractivity contribution in [1.82, 2.24) is 20.3 Å². The summed E-state index contributed by atoms with van der Waals surface area (Å²) < 4.78 is 5.30. The van der Waals surface area contributed by atoms with Crippen molar-refractivity contribution in [2.45, 2.75) is 25.5 Å². The second-order valence-electron chi connectivity index (χ2n) is 6.13. The first-order valence-electron chi connectivity index (χ1n) is 8.19. The largest absolute Gasteiger partial charge is 0.497 e. The number of aliphatic hydroxyl groups excluding tert-OH is 1. The maximum absolute atomic E-state index is 10.2. The van der Waals surface area contributed by atoms with Crippen LogP contribution in [-0.4, -0.2) is 39.8 Å². The minimum Gasteiger partial charge on any atom is -0.497 e. The van der Waals surface area contributed by atoms with Crippen LogP contribution in [0.1, 0.15) is 24.2 Å². The number of aromatic amines is 1. The van der Waals surface area contributed by atoms with E-state index in [1.807, 2.05) is 24.4 Å². The minimum absolute atomic E-state index is 0.189. The molecule has 2 heterocycles. The third-order valence-electron chi connectivity index (χ3n) is 4.24. The standard InChI is InChI=1S/C18H23N5O2/c1-11(20-10-17(24)13-8-22-18(19)23-9-13)5-12-7-21-16-4-3-14(25-2)6-15(12)16/h3-4,6-9,11,17,20-21,24H,5,10H2,1-2H3,(H2,19,22,23)/t11-,17+/m1/s1. The number of anilines is 1. The highest BCUT2D eigenvalue weighted by molar-refractivity contribution is 5.84. The Bertz CT molecular complexity index is 831. The van der Waals surface area contributed by atoms with Crippen molar-refractivity contribution in [2.24, 2.45) is 0 Å². The molecule has 0 bridgehead atoms. The van der Waals surface area contributed by atoms with Gasteiger partial charge in [-0.1, -0.05) is 0 Å². The number of rotatable bonds is 7. The topological polar surface area (TPSA) is 109 Å². The Morgan fingerprint density at radius 2 is 2.08 bits per heavy atom. The number of aliphatic hydroxyl groups is 1. The van der Waals surface area contributed by atoms with Crippen LogP contribution in [0.15, 0.2) is 36.8 Å². The fourth-order valence-corrected chi connectivity index (χ4v) is 2.81. The Kier molecular flexibility index (Phi) is 5.16. The summed E-state index contributed by atoms with van der Waals surface area (Å²) >= 11 is 0. The van der Waals surface area contributed by atoms with Gasteiger partial charge < -0.3 is 25.9 Å². The summed E-state index contributed by atoms with van der Waals surface area (Å²) in [5.41, 5.74) is 8.40. The molecule has 0 saturated heterocycles. The van der Waals surface area contributed by atoms with Gasteiger partial charge in [0.25, 0.3) is 0 Å². The molecule has 2 aromatic heterocycles. The number of hydrogen-bond acceptors (Lipinski definition) is 6. The Morgan fingerprint density at radius 3 is 2.80 bits per heavy atom. The maximum Gasteiger partial charge on any atom is 0.219 e. The van der Waals surface area contributed by atoms with Crippen molar-refractivity contribution in [3.8, 4) is 5.75 Å². The Balaban J connectivity index is 1.60. The van der Waals surface area contributed by atoms with Gasteiger partial charge in [-0.3, -0.25) is 0 Å². The first kappa shape index (κ1) is 17.2. The number of benzene rings is 1. The Hall–Kier alpha value is -2.64. The molecule has 0 amide bonds. The molecule has 7 nitrogen and oxygen atoms in total. The lowest BCUT2D eigenvalue weighted by Gasteiger charge is -2.17. The van der Waals surface area contributed by atoms with Crippen LogP contribution in [0.4, 0.5) is 5.95 Å². The van der Waals surface area contributed by atoms with E-state index in [4.69, 9.17) is 10.5 Å². The van der Waals surface area contributed by atoms with Crippen molar-refractivity contribution < 1.29 is 9.84 Å². The highest BCUT2D eigenvalue weighted by Crippen LogP contribution is 2.24. The molecule has 25 heavy (non-hydrogen) atoms. The van der Waals surface area contributed by atoms with Crippen molar-refractivity contribution in [3.05, 3.63) is 47.9 Å². The molecular formula is C18H23N5O2. The molecule has 0 aliphatic carbocycles. The third kappa shape index (κ3) is 4.07. The number of methoxy groups -OCH3 is 1. The highest BCUT2D eigenvalue weighted by atomic mass is 16.5. The van der Waals surface area contributed by atoms with Crippen molar-refractivity contribution in [3.63, 3.8) is 0 Å². The van der Waals surface area contributed by atoms with E-state index in [-0.39, 0.29) is 12.0 Å². The number of nitrogens with zero attached hydrogens (tertiary/aromatic N) is 2. The fraction of sp³-hybridized carbons (Fsp3) is 0.333. The van der Waals surface area contributed by atoms with E-state index in [1.54, 1.807) is 19.5 Å². The quantitative estimate of drug-likeness (QED) is 0.522. The molecule has 5 N–H and O–H groups in total. The SMILES string of the molecule is COc1ccc2[nH]cc(C[C@@H](C)NC[C@H](O)c3cnc(N)nc3)c2c1. The van der Waals surface area contributed by atoms with Gasteiger partial charge >= 0.3 is 0 Å². The molecule has 1 aromatic carbocycles. The molecule has 0 unspecified atom stereocenters. The normalized spacial score (nSPS) is 13.7. The number of nitrogens with one attached hydrogen (secondary N) is 2. The average Bonchev–Trinajstić information content (AvgIpc) is 3.02. The molecule has 2 atom stereocenters. The second-order valence-corrected chi connectivity index (χ2v) is 6.13. The zero-order valence-electron chi connectivity index (χ0n) is 14.4. The van der Waals surface area contributed by atoms with Crippen LogP contribution in [0.3, 0.4) is 0 Å². The summed E-state index contributed by atoms with van der Waals surface area (Å²) in [5.74, 6) is 1.04. The van der Waals surface area contributed by atoms with Crippen molar-refractivity contribution >= 4 is 16.9 Å². The summed E-state index contributed by atoms with van der Waals surface area (Å²) in [5, 5.41) is 14.7. The molecule has 0 fully saturated rings. The number of aromatic nitrogens is 3. The lowest BCUT2D eigenvalue weighted by Crippen LogP contribution is -2.32. The van der Waals surface area contributed by atoms with Gasteiger partial charge in [0.15, 0.2) is 0 Å². The van der Waals surface area contributed by atoms with E-state index in [2.05, 4.69) is 27.2 Å². The highest BCUT2D eigenvalue weighted by Gasteiger charge is 2.13. The van der Waals surface area contributed by atoms with Crippen LogP contribution in [-0.2, 0) is 6.42 Å². The van der Waals surface area contributed by atoms with E-state index >= 15 is 0 Å². The van der Waals surface area contributed by atoms with E-state index in [1.165, 1.54) is 5.56 Å². The molecule has 7 heteroatoms. The molecular weight excluding hydrogens is 318 g/mol. The summed E-state index contributed by atoms with van der Waals surface area (Å²) in [6, 6.07) is 6.18. The van der Waals surface area contributed by atoms with Gasteiger partial charge in [0.2, 0.25) is 5.95 Å². The smallest absolute Gasteiger partial charge is 0.219 e. The minimum atomic E-state index is -0.675. The Labute approximate surface area is 146 Å². The van der Waals surface area contributed by atoms with Crippen molar-refractivity contribution in [1.29, 1.82) is 0 Å². The van der Waals surface area contributed by atoms with Crippen LogP contribution < -0.4 is 15.8 Å². The van der Waals surface area contributed by atoms with Crippen LogP contribution in [0, 0.1) is 0 Å². The number of nitrogen functional groups attached to an aromatic ring is 1. The first-order valence-corrected chi connectivity index (χ1v) is 8.19. The van der Waals surface area contributed by atoms with Gasteiger partial charge in [-0.15, -0.1) is 0 Å². The first-order chi connectivity index (χ1) is 12.1. The van der Waals surface area contributed by atoms with Crippen LogP contribution in [0.2, 0.25) is 0 Å². The zero-order valence-corrected chi connectivity index (χ0v) is 14.4. The Morgan fingerprint density at radius 1 is 1.32 bits per heavy atom. The van der Waals surface area contributed by atoms with Crippen LogP contribution in [0.5, 0.6) is 5.75 Å². The van der Waals surface area contributed by atoms with E-state index < -0.39 is 6.10 Å². The molecule has 0 radical (unpaired) electrons. The van der Waals surface area contributed by atoms with Crippen molar-refractivity contribution in [2.75, 3.05) is 19.4 Å². The lowest BCUT2D eigenvalue weighted by molar-refractivity contribution is 0.170. The number of nitrogens with two attached hydrogens (primary N) is 1. The number of fused-ring (bicyclic) bond motifs is 1. The number of ether oxygens (including phenoxy) is 1. The summed E-state index contributed by atoms with van der Waals surface area (Å²) in [6.45, 7) is 2.51. The van der Waals surface area contributed by atoms with Crippen LogP contribution in [0.25, 0.3) is 10.9 Å². The predicted octanol–water partition coefficient (Wildman–Crippen LogP) is 1.80. The molecule has 0 saturated carbocycles. The average molecular weight is 341 g/mol. The van der Waals surface area contributed by atoms with E-state index in [9.17, 15) is 5.11 Å². The van der Waals surface area contributed by atoms with Crippen LogP contribution >= 0.6 is 0 Å². The summed E-state index contributed by atoms with van der Waals surface area (Å²) in [7, 11) is 1.67. The van der Waals surface area contributed by atoms with Gasteiger partial charge in [-0.05, 0) is 37.1 Å². The lowest BCUT2D eigenvalue weighted by atomic mass is 10.1. The number of H-pyrrole nitrogens is 1. The second kappa shape index (κ2) is 7.50. The molecule has 0 aliphatic heterocycles. The van der Waals surface area contributed by atoms with E-state index in [0.717, 1.165) is 23.1 Å². The van der Waals surface area contributed by atoms with Gasteiger partial charge in [-0.2, -0.15) is 0 Å². The van der Waals surface area contributed by atoms with Gasteiger partial charge in [0, 0.05) is 47.6 Å². The number of hydrogen-bond donors (Lipinski definition) is 4. The van der Waals surface area contributed by atoms with Gasteiger partial charge in [0.1, 0.15) is 5.75 Å². The molecule has 3 aromatic rings.